The van der Waals surface area contributed by atoms with Crippen molar-refractivity contribution in [1.29, 1.82) is 0 Å². The van der Waals surface area contributed by atoms with Gasteiger partial charge < -0.3 is 11.5 Å². The van der Waals surface area contributed by atoms with Crippen LogP contribution >= 0.6 is 23.1 Å². The average molecular weight is 266 g/mol. The smallest absolute Gasteiger partial charge is 0.191 e. The van der Waals surface area contributed by atoms with Crippen LogP contribution in [0.5, 0.6) is 0 Å². The minimum atomic E-state index is 0.417. The molecular weight excluding hydrogens is 252 g/mol. The standard InChI is InChI=1S/C11H14N4S2/c1-2-7-3-4-8(17-7)6-16-11-14-9(12)5-10(13)15-11/h3-5H,2,6H2,1H3,(H4,12,13,14,15). The molecule has 0 bridgehead atoms. The van der Waals surface area contributed by atoms with Crippen molar-refractivity contribution in [3.63, 3.8) is 0 Å². The molecular formula is C11H14N4S2. The molecule has 0 saturated carbocycles. The number of aromatic nitrogens is 2. The minimum absolute atomic E-state index is 0.417. The van der Waals surface area contributed by atoms with Gasteiger partial charge in [-0.3, -0.25) is 0 Å². The zero-order valence-electron chi connectivity index (χ0n) is 9.51. The number of thiophene rings is 1. The Morgan fingerprint density at radius 1 is 1.18 bits per heavy atom. The lowest BCUT2D eigenvalue weighted by Gasteiger charge is -2.01. The highest BCUT2D eigenvalue weighted by Crippen LogP contribution is 2.25. The van der Waals surface area contributed by atoms with E-state index in [1.54, 1.807) is 17.8 Å². The first kappa shape index (κ1) is 12.2. The molecule has 0 aromatic carbocycles. The van der Waals surface area contributed by atoms with Crippen LogP contribution in [0.25, 0.3) is 0 Å². The summed E-state index contributed by atoms with van der Waals surface area (Å²) in [5.41, 5.74) is 11.2. The molecule has 0 fully saturated rings. The zero-order valence-corrected chi connectivity index (χ0v) is 11.1. The van der Waals surface area contributed by atoms with Crippen LogP contribution in [0.2, 0.25) is 0 Å². The van der Waals surface area contributed by atoms with Crippen LogP contribution in [-0.2, 0) is 12.2 Å². The van der Waals surface area contributed by atoms with Crippen molar-refractivity contribution >= 4 is 34.7 Å². The van der Waals surface area contributed by atoms with Crippen LogP contribution < -0.4 is 11.5 Å². The van der Waals surface area contributed by atoms with Gasteiger partial charge in [-0.25, -0.2) is 9.97 Å². The molecule has 0 aliphatic carbocycles. The zero-order chi connectivity index (χ0) is 12.3. The van der Waals surface area contributed by atoms with Gasteiger partial charge in [0, 0.05) is 21.6 Å². The fourth-order valence-corrected chi connectivity index (χ4v) is 3.23. The second kappa shape index (κ2) is 5.37. The number of hydrogen-bond acceptors (Lipinski definition) is 6. The summed E-state index contributed by atoms with van der Waals surface area (Å²) in [4.78, 5) is 11.0. The molecule has 17 heavy (non-hydrogen) atoms. The Balaban J connectivity index is 2.01. The third-order valence-corrected chi connectivity index (χ3v) is 4.46. The number of nitrogens with two attached hydrogens (primary N) is 2. The first-order chi connectivity index (χ1) is 8.17. The van der Waals surface area contributed by atoms with Crippen LogP contribution in [0.1, 0.15) is 16.7 Å². The molecule has 4 N–H and O–H groups in total. The van der Waals surface area contributed by atoms with Gasteiger partial charge >= 0.3 is 0 Å². The third-order valence-electron chi connectivity index (χ3n) is 2.15. The van der Waals surface area contributed by atoms with E-state index in [9.17, 15) is 0 Å². The van der Waals surface area contributed by atoms with E-state index in [-0.39, 0.29) is 0 Å². The SMILES string of the molecule is CCc1ccc(CSc2nc(N)cc(N)n2)s1. The fraction of sp³-hybridized carbons (Fsp3) is 0.273. The maximum atomic E-state index is 5.61. The van der Waals surface area contributed by atoms with E-state index in [0.29, 0.717) is 16.8 Å². The molecule has 0 amide bonds. The summed E-state index contributed by atoms with van der Waals surface area (Å²) in [5, 5.41) is 0.633. The Hall–Kier alpha value is -1.27. The van der Waals surface area contributed by atoms with Crippen molar-refractivity contribution in [2.45, 2.75) is 24.3 Å². The number of aryl methyl sites for hydroxylation is 1. The monoisotopic (exact) mass is 266 g/mol. The summed E-state index contributed by atoms with van der Waals surface area (Å²) in [5.74, 6) is 1.69. The quantitative estimate of drug-likeness (QED) is 0.657. The number of rotatable bonds is 4. The molecule has 0 saturated heterocycles. The van der Waals surface area contributed by atoms with Crippen LogP contribution in [0.3, 0.4) is 0 Å². The molecule has 90 valence electrons. The molecule has 0 aliphatic heterocycles. The van der Waals surface area contributed by atoms with Crippen LogP contribution in [-0.4, -0.2) is 9.97 Å². The van der Waals surface area contributed by atoms with E-state index in [2.05, 4.69) is 29.0 Å². The lowest BCUT2D eigenvalue weighted by Crippen LogP contribution is -1.99. The van der Waals surface area contributed by atoms with Crippen LogP contribution in [0, 0.1) is 0 Å². The summed E-state index contributed by atoms with van der Waals surface area (Å²) in [6.45, 7) is 2.16. The number of hydrogen-bond donors (Lipinski definition) is 2. The van der Waals surface area contributed by atoms with Gasteiger partial charge in [-0.1, -0.05) is 18.7 Å². The Kier molecular flexibility index (Phi) is 3.86. The Labute approximate surface area is 108 Å². The van der Waals surface area contributed by atoms with Gasteiger partial charge in [0.25, 0.3) is 0 Å². The Morgan fingerprint density at radius 2 is 1.82 bits per heavy atom. The molecule has 0 atom stereocenters. The molecule has 0 unspecified atom stereocenters. The summed E-state index contributed by atoms with van der Waals surface area (Å²) in [7, 11) is 0. The minimum Gasteiger partial charge on any atom is -0.383 e. The van der Waals surface area contributed by atoms with Crippen molar-refractivity contribution in [1.82, 2.24) is 9.97 Å². The van der Waals surface area contributed by atoms with E-state index in [1.807, 2.05) is 11.3 Å². The number of nitrogen functional groups attached to an aromatic ring is 2. The third kappa shape index (κ3) is 3.34. The van der Waals surface area contributed by atoms with Crippen molar-refractivity contribution in [2.75, 3.05) is 11.5 Å². The first-order valence-corrected chi connectivity index (χ1v) is 7.08. The molecule has 2 rings (SSSR count). The predicted molar refractivity (Wildman–Crippen MR) is 74.1 cm³/mol. The topological polar surface area (TPSA) is 77.8 Å². The fourth-order valence-electron chi connectivity index (χ4n) is 1.35. The van der Waals surface area contributed by atoms with Gasteiger partial charge in [-0.2, -0.15) is 0 Å². The van der Waals surface area contributed by atoms with Gasteiger partial charge in [0.2, 0.25) is 0 Å². The highest BCUT2D eigenvalue weighted by molar-refractivity contribution is 7.98. The van der Waals surface area contributed by atoms with Crippen LogP contribution in [0.4, 0.5) is 11.6 Å². The first-order valence-electron chi connectivity index (χ1n) is 5.28. The highest BCUT2D eigenvalue weighted by atomic mass is 32.2. The second-order valence-electron chi connectivity index (χ2n) is 3.51. The normalized spacial score (nSPS) is 10.6. The van der Waals surface area contributed by atoms with E-state index >= 15 is 0 Å². The van der Waals surface area contributed by atoms with Crippen molar-refractivity contribution in [3.05, 3.63) is 28.0 Å². The maximum absolute atomic E-state index is 5.61. The van der Waals surface area contributed by atoms with E-state index in [1.165, 1.54) is 9.75 Å². The summed E-state index contributed by atoms with van der Waals surface area (Å²) >= 11 is 3.38. The average Bonchev–Trinajstić information content (AvgIpc) is 2.73. The largest absolute Gasteiger partial charge is 0.383 e. The lowest BCUT2D eigenvalue weighted by molar-refractivity contribution is 0.984. The van der Waals surface area contributed by atoms with Gasteiger partial charge in [0.05, 0.1) is 0 Å². The van der Waals surface area contributed by atoms with Crippen LogP contribution in [0.15, 0.2) is 23.4 Å². The Bertz CT molecular complexity index is 490. The highest BCUT2D eigenvalue weighted by Gasteiger charge is 2.04. The molecule has 6 heteroatoms. The molecule has 2 aromatic heterocycles. The van der Waals surface area contributed by atoms with E-state index in [4.69, 9.17) is 11.5 Å². The number of nitrogens with zero attached hydrogens (tertiary/aromatic N) is 2. The number of thioether (sulfide) groups is 1. The summed E-state index contributed by atoms with van der Waals surface area (Å²) in [6.07, 6.45) is 1.08. The number of anilines is 2. The molecule has 2 heterocycles. The van der Waals surface area contributed by atoms with Crippen molar-refractivity contribution in [2.24, 2.45) is 0 Å². The Morgan fingerprint density at radius 3 is 2.41 bits per heavy atom. The lowest BCUT2D eigenvalue weighted by atomic mass is 10.4. The summed E-state index contributed by atoms with van der Waals surface area (Å²) in [6, 6.07) is 5.87. The van der Waals surface area contributed by atoms with Gasteiger partial charge in [-0.15, -0.1) is 11.3 Å². The van der Waals surface area contributed by atoms with Gasteiger partial charge in [0.15, 0.2) is 5.16 Å². The predicted octanol–water partition coefficient (Wildman–Crippen LogP) is 2.56. The second-order valence-corrected chi connectivity index (χ2v) is 5.71. The molecule has 0 spiro atoms. The summed E-state index contributed by atoms with van der Waals surface area (Å²) < 4.78 is 0. The van der Waals surface area contributed by atoms with Crippen molar-refractivity contribution in [3.8, 4) is 0 Å². The molecule has 0 radical (unpaired) electrons. The molecule has 4 nitrogen and oxygen atoms in total. The van der Waals surface area contributed by atoms with E-state index < -0.39 is 0 Å². The van der Waals surface area contributed by atoms with Gasteiger partial charge in [0.1, 0.15) is 11.6 Å². The van der Waals surface area contributed by atoms with Crippen molar-refractivity contribution < 1.29 is 0 Å². The maximum Gasteiger partial charge on any atom is 0.191 e. The van der Waals surface area contributed by atoms with E-state index in [0.717, 1.165) is 12.2 Å². The van der Waals surface area contributed by atoms with Gasteiger partial charge in [-0.05, 0) is 18.6 Å². The molecule has 0 aliphatic rings. The molecule has 2 aromatic rings.